The van der Waals surface area contributed by atoms with Gasteiger partial charge in [0.1, 0.15) is 0 Å². The first-order valence-corrected chi connectivity index (χ1v) is 18.7. The molecule has 0 saturated heterocycles. The minimum atomic E-state index is -0.519. The van der Waals surface area contributed by atoms with Gasteiger partial charge in [-0.2, -0.15) is 0 Å². The highest BCUT2D eigenvalue weighted by molar-refractivity contribution is 6.49. The van der Waals surface area contributed by atoms with Gasteiger partial charge in [-0.05, 0) is 92.8 Å². The largest absolute Gasteiger partial charge is 0.309 e. The van der Waals surface area contributed by atoms with Crippen molar-refractivity contribution in [2.24, 2.45) is 0 Å². The molecule has 0 bridgehead atoms. The lowest BCUT2D eigenvalue weighted by atomic mass is 9.97. The van der Waals surface area contributed by atoms with E-state index in [1.54, 1.807) is 65.5 Å². The molecule has 0 amide bonds. The van der Waals surface area contributed by atoms with Gasteiger partial charge in [0, 0.05) is 70.6 Å². The van der Waals surface area contributed by atoms with Crippen LogP contribution in [-0.2, 0) is 13.1 Å². The maximum atomic E-state index is 12.7. The average Bonchev–Trinajstić information content (AvgIpc) is 4.16. The number of rotatable bonds is 9. The summed E-state index contributed by atoms with van der Waals surface area (Å²) in [6.45, 7) is 5.17. The van der Waals surface area contributed by atoms with E-state index in [1.807, 2.05) is 48.7 Å². The van der Waals surface area contributed by atoms with Gasteiger partial charge in [-0.15, -0.1) is 0 Å². The molecule has 0 N–H and O–H groups in total. The van der Waals surface area contributed by atoms with Gasteiger partial charge in [0.25, 0.3) is 11.1 Å². The van der Waals surface area contributed by atoms with Crippen molar-refractivity contribution in [2.75, 3.05) is 0 Å². The topological polar surface area (TPSA) is 104 Å². The van der Waals surface area contributed by atoms with Crippen molar-refractivity contribution in [3.05, 3.63) is 165 Å². The molecule has 0 radical (unpaired) electrons. The molecule has 268 valence electrons. The standard InChI is InChI=1S/C24H21N3O.C22H19NO3/c1-2-27-21-11-10-18(14-20(21)19(15-22(27)28)16-8-9-16)24-23(25-12-13-26-24)17-6-4-3-5-7-17;1-2-23-19-11-10-16(22(26)21(25)15-6-4-3-5-7-15)12-18(19)17(13-20(23)24)14-8-9-14/h3-7,10-16H,2,8-9H2,1H3;3-7,10-14H,2,8-9H2,1H3. The van der Waals surface area contributed by atoms with Crippen molar-refractivity contribution in [3.63, 3.8) is 0 Å². The number of pyridine rings is 2. The molecule has 0 atom stereocenters. The molecule has 54 heavy (non-hydrogen) atoms. The van der Waals surface area contributed by atoms with Crippen molar-refractivity contribution in [3.8, 4) is 22.5 Å². The first-order valence-electron chi connectivity index (χ1n) is 18.7. The molecule has 2 aliphatic rings. The Balaban J connectivity index is 0.000000154. The van der Waals surface area contributed by atoms with E-state index in [0.717, 1.165) is 75.6 Å². The Morgan fingerprint density at radius 2 is 1.04 bits per heavy atom. The van der Waals surface area contributed by atoms with Gasteiger partial charge in [-0.25, -0.2) is 0 Å². The van der Waals surface area contributed by atoms with Crippen LogP contribution in [0.15, 0.2) is 131 Å². The molecule has 2 aliphatic carbocycles. The number of carbonyl (C=O) groups is 2. The second-order valence-corrected chi connectivity index (χ2v) is 14.0. The molecule has 2 saturated carbocycles. The molecule has 0 spiro atoms. The van der Waals surface area contributed by atoms with Crippen LogP contribution in [0.2, 0.25) is 0 Å². The summed E-state index contributed by atoms with van der Waals surface area (Å²) in [5.74, 6) is -0.143. The fourth-order valence-corrected chi connectivity index (χ4v) is 7.43. The number of nitrogens with zero attached hydrogens (tertiary/aromatic N) is 4. The van der Waals surface area contributed by atoms with Gasteiger partial charge in [0.2, 0.25) is 11.6 Å². The van der Waals surface area contributed by atoms with E-state index in [1.165, 1.54) is 5.56 Å². The van der Waals surface area contributed by atoms with E-state index in [4.69, 9.17) is 0 Å². The Kier molecular flexibility index (Phi) is 9.42. The molecular formula is C46H40N4O4. The van der Waals surface area contributed by atoms with Gasteiger partial charge in [0.15, 0.2) is 0 Å². The summed E-state index contributed by atoms with van der Waals surface area (Å²) in [5, 5.41) is 2.06. The van der Waals surface area contributed by atoms with Crippen LogP contribution in [0.25, 0.3) is 44.3 Å². The van der Waals surface area contributed by atoms with E-state index in [9.17, 15) is 19.2 Å². The normalized spacial score (nSPS) is 13.7. The summed E-state index contributed by atoms with van der Waals surface area (Å²) >= 11 is 0. The number of fused-ring (bicyclic) bond motifs is 2. The summed E-state index contributed by atoms with van der Waals surface area (Å²) in [4.78, 5) is 59.4. The lowest BCUT2D eigenvalue weighted by molar-refractivity contribution is 0.0817. The molecule has 0 unspecified atom stereocenters. The Bertz CT molecular complexity index is 2670. The number of hydrogen-bond acceptors (Lipinski definition) is 6. The van der Waals surface area contributed by atoms with E-state index >= 15 is 0 Å². The number of carbonyl (C=O) groups excluding carboxylic acids is 2. The lowest BCUT2D eigenvalue weighted by Gasteiger charge is -2.14. The van der Waals surface area contributed by atoms with E-state index in [0.29, 0.717) is 36.1 Å². The molecule has 4 aromatic carbocycles. The quantitative estimate of drug-likeness (QED) is 0.109. The second-order valence-electron chi connectivity index (χ2n) is 14.0. The highest BCUT2D eigenvalue weighted by Crippen LogP contribution is 2.44. The van der Waals surface area contributed by atoms with Crippen molar-refractivity contribution in [1.29, 1.82) is 0 Å². The predicted octanol–water partition coefficient (Wildman–Crippen LogP) is 8.99. The summed E-state index contributed by atoms with van der Waals surface area (Å²) in [5.41, 5.74) is 8.66. The van der Waals surface area contributed by atoms with Gasteiger partial charge in [-0.3, -0.25) is 29.1 Å². The van der Waals surface area contributed by atoms with Gasteiger partial charge >= 0.3 is 0 Å². The summed E-state index contributed by atoms with van der Waals surface area (Å²) < 4.78 is 3.55. The fraction of sp³-hybridized carbons (Fsp3) is 0.217. The Hall–Kier alpha value is -6.28. The number of Topliss-reactive ketones (excluding diaryl/α,β-unsaturated/α-hetero) is 2. The van der Waals surface area contributed by atoms with Crippen LogP contribution in [0.1, 0.15) is 83.2 Å². The van der Waals surface area contributed by atoms with E-state index in [-0.39, 0.29) is 11.1 Å². The van der Waals surface area contributed by atoms with Crippen LogP contribution < -0.4 is 11.1 Å². The molecule has 8 heteroatoms. The smallest absolute Gasteiger partial charge is 0.251 e. The van der Waals surface area contributed by atoms with Crippen LogP contribution >= 0.6 is 0 Å². The highest BCUT2D eigenvalue weighted by Gasteiger charge is 2.29. The zero-order chi connectivity index (χ0) is 37.3. The third-order valence-electron chi connectivity index (χ3n) is 10.5. The zero-order valence-electron chi connectivity index (χ0n) is 30.4. The van der Waals surface area contributed by atoms with Gasteiger partial charge in [0.05, 0.1) is 22.4 Å². The fourth-order valence-electron chi connectivity index (χ4n) is 7.43. The maximum absolute atomic E-state index is 12.7. The van der Waals surface area contributed by atoms with Crippen molar-refractivity contribution < 1.29 is 9.59 Å². The van der Waals surface area contributed by atoms with Gasteiger partial charge in [-0.1, -0.05) is 66.7 Å². The third kappa shape index (κ3) is 6.71. The Morgan fingerprint density at radius 3 is 1.57 bits per heavy atom. The average molecular weight is 713 g/mol. The molecule has 2 fully saturated rings. The first kappa shape index (κ1) is 34.8. The molecule has 0 aliphatic heterocycles. The minimum absolute atomic E-state index is 0.0126. The first-order chi connectivity index (χ1) is 26.4. The number of aryl methyl sites for hydroxylation is 2. The zero-order valence-corrected chi connectivity index (χ0v) is 30.4. The van der Waals surface area contributed by atoms with Crippen molar-refractivity contribution in [2.45, 2.75) is 64.5 Å². The number of aromatic nitrogens is 4. The van der Waals surface area contributed by atoms with Crippen LogP contribution in [-0.4, -0.2) is 30.7 Å². The Morgan fingerprint density at radius 1 is 0.556 bits per heavy atom. The van der Waals surface area contributed by atoms with Crippen LogP contribution in [0.5, 0.6) is 0 Å². The lowest BCUT2D eigenvalue weighted by Crippen LogP contribution is -2.20. The number of benzene rings is 4. The Labute approximate surface area is 312 Å². The minimum Gasteiger partial charge on any atom is -0.309 e. The monoisotopic (exact) mass is 712 g/mol. The summed E-state index contributed by atoms with van der Waals surface area (Å²) in [7, 11) is 0. The molecule has 3 heterocycles. The SMILES string of the molecule is CCn1c(=O)cc(C2CC2)c2cc(-c3nccnc3-c3ccccc3)ccc21.CCn1c(=O)cc(C2CC2)c2cc(C(=O)C(=O)c3ccccc3)ccc21. The van der Waals surface area contributed by atoms with Crippen LogP contribution in [0, 0.1) is 0 Å². The molecular weight excluding hydrogens is 673 g/mol. The second kappa shape index (κ2) is 14.6. The van der Waals surface area contributed by atoms with Crippen molar-refractivity contribution in [1.82, 2.24) is 19.1 Å². The summed E-state index contributed by atoms with van der Waals surface area (Å²) in [6, 6.07) is 33.8. The molecule has 3 aromatic heterocycles. The van der Waals surface area contributed by atoms with E-state index < -0.39 is 11.6 Å². The molecule has 7 aromatic rings. The third-order valence-corrected chi connectivity index (χ3v) is 10.5. The predicted molar refractivity (Wildman–Crippen MR) is 213 cm³/mol. The van der Waals surface area contributed by atoms with E-state index in [2.05, 4.69) is 40.3 Å². The molecule has 9 rings (SSSR count). The summed E-state index contributed by atoms with van der Waals surface area (Å²) in [6.07, 6.45) is 7.92. The number of ketones is 2. The maximum Gasteiger partial charge on any atom is 0.251 e. The van der Waals surface area contributed by atoms with Crippen LogP contribution in [0.4, 0.5) is 0 Å². The number of hydrogen-bond donors (Lipinski definition) is 0. The highest BCUT2D eigenvalue weighted by atomic mass is 16.2. The van der Waals surface area contributed by atoms with Crippen LogP contribution in [0.3, 0.4) is 0 Å². The van der Waals surface area contributed by atoms with Gasteiger partial charge < -0.3 is 9.13 Å². The van der Waals surface area contributed by atoms with Crippen molar-refractivity contribution >= 4 is 33.4 Å². The molecule has 8 nitrogen and oxygen atoms in total.